The number of carbonyl (C=O) groups excluding carboxylic acids is 2. The molecule has 0 rings (SSSR count). The van der Waals surface area contributed by atoms with Gasteiger partial charge in [-0.05, 0) is 12.5 Å². The molecule has 2 N–H and O–H groups in total. The molecule has 1 unspecified atom stereocenters. The van der Waals surface area contributed by atoms with E-state index in [0.29, 0.717) is 0 Å². The van der Waals surface area contributed by atoms with E-state index in [-0.39, 0.29) is 12.8 Å². The molecule has 1 amide bonds. The Kier molecular flexibility index (Phi) is 5.77. The SMILES string of the molecule is C=CC(=O)NC(CCC(=O)OC)C(=O)O. The van der Waals surface area contributed by atoms with E-state index in [4.69, 9.17) is 5.11 Å². The Morgan fingerprint density at radius 1 is 1.53 bits per heavy atom. The van der Waals surface area contributed by atoms with E-state index in [0.717, 1.165) is 6.08 Å². The van der Waals surface area contributed by atoms with Gasteiger partial charge in [0.2, 0.25) is 5.91 Å². The molecule has 0 aromatic rings. The molecule has 0 aromatic heterocycles. The minimum atomic E-state index is -1.20. The van der Waals surface area contributed by atoms with Crippen molar-refractivity contribution in [2.75, 3.05) is 7.11 Å². The molecule has 84 valence electrons. The molecule has 0 saturated carbocycles. The van der Waals surface area contributed by atoms with Crippen molar-refractivity contribution >= 4 is 17.8 Å². The van der Waals surface area contributed by atoms with E-state index in [2.05, 4.69) is 16.6 Å². The second-order valence-corrected chi connectivity index (χ2v) is 2.72. The lowest BCUT2D eigenvalue weighted by Crippen LogP contribution is -2.40. The molecule has 15 heavy (non-hydrogen) atoms. The topological polar surface area (TPSA) is 92.7 Å². The zero-order chi connectivity index (χ0) is 11.8. The number of esters is 1. The number of carboxylic acid groups (broad SMARTS) is 1. The number of aliphatic carboxylic acids is 1. The van der Waals surface area contributed by atoms with Crippen molar-refractivity contribution in [2.45, 2.75) is 18.9 Å². The Labute approximate surface area is 86.9 Å². The first-order valence-electron chi connectivity index (χ1n) is 4.23. The number of hydrogen-bond donors (Lipinski definition) is 2. The zero-order valence-corrected chi connectivity index (χ0v) is 8.36. The molecule has 0 aliphatic heterocycles. The fourth-order valence-electron chi connectivity index (χ4n) is 0.852. The van der Waals surface area contributed by atoms with Crippen molar-refractivity contribution in [3.8, 4) is 0 Å². The van der Waals surface area contributed by atoms with Crippen molar-refractivity contribution in [3.05, 3.63) is 12.7 Å². The molecule has 0 bridgehead atoms. The third-order valence-corrected chi connectivity index (χ3v) is 1.66. The molecule has 0 saturated heterocycles. The van der Waals surface area contributed by atoms with Gasteiger partial charge < -0.3 is 15.2 Å². The first-order chi connectivity index (χ1) is 7.01. The van der Waals surface area contributed by atoms with Crippen LogP contribution in [0.1, 0.15) is 12.8 Å². The molecule has 0 aromatic carbocycles. The van der Waals surface area contributed by atoms with E-state index in [1.807, 2.05) is 0 Å². The van der Waals surface area contributed by atoms with Crippen LogP contribution in [0.25, 0.3) is 0 Å². The van der Waals surface area contributed by atoms with Crippen LogP contribution in [0, 0.1) is 0 Å². The van der Waals surface area contributed by atoms with Crippen LogP contribution in [0.15, 0.2) is 12.7 Å². The minimum absolute atomic E-state index is 0.0123. The second kappa shape index (κ2) is 6.58. The van der Waals surface area contributed by atoms with Crippen LogP contribution in [0.4, 0.5) is 0 Å². The molecule has 0 fully saturated rings. The van der Waals surface area contributed by atoms with Crippen molar-refractivity contribution in [1.82, 2.24) is 5.32 Å². The molecular weight excluding hydrogens is 202 g/mol. The second-order valence-electron chi connectivity index (χ2n) is 2.72. The van der Waals surface area contributed by atoms with Crippen molar-refractivity contribution < 1.29 is 24.2 Å². The van der Waals surface area contributed by atoms with Crippen LogP contribution in [0.3, 0.4) is 0 Å². The predicted octanol–water partition coefficient (Wildman–Crippen LogP) is -0.305. The van der Waals surface area contributed by atoms with Gasteiger partial charge >= 0.3 is 11.9 Å². The summed E-state index contributed by atoms with van der Waals surface area (Å²) in [5.74, 6) is -2.31. The lowest BCUT2D eigenvalue weighted by molar-refractivity contribution is -0.143. The lowest BCUT2D eigenvalue weighted by atomic mass is 10.1. The summed E-state index contributed by atoms with van der Waals surface area (Å²) >= 11 is 0. The van der Waals surface area contributed by atoms with Gasteiger partial charge in [-0.15, -0.1) is 0 Å². The first-order valence-corrected chi connectivity index (χ1v) is 4.23. The van der Waals surface area contributed by atoms with Gasteiger partial charge in [-0.2, -0.15) is 0 Å². The minimum Gasteiger partial charge on any atom is -0.480 e. The smallest absolute Gasteiger partial charge is 0.326 e. The fourth-order valence-corrected chi connectivity index (χ4v) is 0.852. The summed E-state index contributed by atoms with van der Waals surface area (Å²) in [5, 5.41) is 10.9. The third-order valence-electron chi connectivity index (χ3n) is 1.66. The number of carboxylic acids is 1. The highest BCUT2D eigenvalue weighted by molar-refractivity contribution is 5.90. The predicted molar refractivity (Wildman–Crippen MR) is 51.0 cm³/mol. The van der Waals surface area contributed by atoms with Crippen LogP contribution in [0.5, 0.6) is 0 Å². The zero-order valence-electron chi connectivity index (χ0n) is 8.36. The monoisotopic (exact) mass is 215 g/mol. The van der Waals surface area contributed by atoms with Gasteiger partial charge in [0.1, 0.15) is 6.04 Å². The van der Waals surface area contributed by atoms with Crippen molar-refractivity contribution in [1.29, 1.82) is 0 Å². The molecule has 0 aliphatic carbocycles. The summed E-state index contributed by atoms with van der Waals surface area (Å²) in [6.45, 7) is 3.19. The summed E-state index contributed by atoms with van der Waals surface area (Å²) in [5.41, 5.74) is 0. The Balaban J connectivity index is 4.16. The van der Waals surface area contributed by atoms with E-state index in [9.17, 15) is 14.4 Å². The number of carbonyl (C=O) groups is 3. The Morgan fingerprint density at radius 2 is 2.13 bits per heavy atom. The molecule has 0 heterocycles. The number of amides is 1. The van der Waals surface area contributed by atoms with Gasteiger partial charge in [0, 0.05) is 6.42 Å². The molecule has 0 radical (unpaired) electrons. The fraction of sp³-hybridized carbons (Fsp3) is 0.444. The highest BCUT2D eigenvalue weighted by Crippen LogP contribution is 1.99. The number of hydrogen-bond acceptors (Lipinski definition) is 4. The van der Waals surface area contributed by atoms with Crippen molar-refractivity contribution in [3.63, 3.8) is 0 Å². The van der Waals surface area contributed by atoms with Crippen LogP contribution in [-0.4, -0.2) is 36.1 Å². The van der Waals surface area contributed by atoms with Gasteiger partial charge in [-0.3, -0.25) is 9.59 Å². The highest BCUT2D eigenvalue weighted by Gasteiger charge is 2.19. The maximum Gasteiger partial charge on any atom is 0.326 e. The summed E-state index contributed by atoms with van der Waals surface area (Å²) in [6.07, 6.45) is 0.889. The van der Waals surface area contributed by atoms with Gasteiger partial charge in [0.25, 0.3) is 0 Å². The molecule has 0 spiro atoms. The van der Waals surface area contributed by atoms with Crippen LogP contribution in [-0.2, 0) is 19.1 Å². The number of ether oxygens (including phenoxy) is 1. The van der Waals surface area contributed by atoms with Gasteiger partial charge in [0.05, 0.1) is 7.11 Å². The Morgan fingerprint density at radius 3 is 2.53 bits per heavy atom. The average Bonchev–Trinajstić information content (AvgIpc) is 2.22. The van der Waals surface area contributed by atoms with Crippen LogP contribution in [0.2, 0.25) is 0 Å². The Bertz CT molecular complexity index is 274. The molecular formula is C9H13NO5. The quantitative estimate of drug-likeness (QED) is 0.468. The van der Waals surface area contributed by atoms with Crippen molar-refractivity contribution in [2.24, 2.45) is 0 Å². The first kappa shape index (κ1) is 13.2. The summed E-state index contributed by atoms with van der Waals surface area (Å²) < 4.78 is 4.35. The molecule has 6 heteroatoms. The van der Waals surface area contributed by atoms with Gasteiger partial charge in [0.15, 0.2) is 0 Å². The average molecular weight is 215 g/mol. The van der Waals surface area contributed by atoms with Crippen LogP contribution < -0.4 is 5.32 Å². The number of nitrogens with one attached hydrogen (secondary N) is 1. The van der Waals surface area contributed by atoms with E-state index in [1.165, 1.54) is 7.11 Å². The molecule has 1 atom stereocenters. The number of rotatable bonds is 6. The lowest BCUT2D eigenvalue weighted by Gasteiger charge is -2.11. The maximum absolute atomic E-state index is 10.8. The highest BCUT2D eigenvalue weighted by atomic mass is 16.5. The standard InChI is InChI=1S/C9H13NO5/c1-3-7(11)10-6(9(13)14)4-5-8(12)15-2/h3,6H,1,4-5H2,2H3,(H,10,11)(H,13,14). The van der Waals surface area contributed by atoms with E-state index < -0.39 is 23.9 Å². The largest absolute Gasteiger partial charge is 0.480 e. The molecule has 6 nitrogen and oxygen atoms in total. The summed E-state index contributed by atoms with van der Waals surface area (Å²) in [6, 6.07) is -1.10. The van der Waals surface area contributed by atoms with Gasteiger partial charge in [-0.1, -0.05) is 6.58 Å². The summed E-state index contributed by atoms with van der Waals surface area (Å²) in [7, 11) is 1.21. The normalized spacial score (nSPS) is 11.3. The summed E-state index contributed by atoms with van der Waals surface area (Å²) in [4.78, 5) is 32.2. The number of methoxy groups -OCH3 is 1. The Hall–Kier alpha value is -1.85. The molecule has 0 aliphatic rings. The third kappa shape index (κ3) is 5.45. The van der Waals surface area contributed by atoms with Gasteiger partial charge in [-0.25, -0.2) is 4.79 Å². The van der Waals surface area contributed by atoms with E-state index >= 15 is 0 Å². The van der Waals surface area contributed by atoms with E-state index in [1.54, 1.807) is 0 Å². The van der Waals surface area contributed by atoms with Crippen LogP contribution >= 0.6 is 0 Å². The maximum atomic E-state index is 10.8.